The van der Waals surface area contributed by atoms with Crippen molar-refractivity contribution in [2.45, 2.75) is 24.6 Å². The van der Waals surface area contributed by atoms with E-state index in [1.54, 1.807) is 18.0 Å². The van der Waals surface area contributed by atoms with Crippen LogP contribution in [0.2, 0.25) is 0 Å². The third kappa shape index (κ3) is 3.71. The van der Waals surface area contributed by atoms with Crippen molar-refractivity contribution in [3.8, 4) is 0 Å². The van der Waals surface area contributed by atoms with Crippen LogP contribution in [0.1, 0.15) is 22.5 Å². The van der Waals surface area contributed by atoms with Gasteiger partial charge in [0.25, 0.3) is 0 Å². The van der Waals surface area contributed by atoms with Gasteiger partial charge in [-0.25, -0.2) is 4.98 Å². The summed E-state index contributed by atoms with van der Waals surface area (Å²) in [5, 5.41) is 12.6. The van der Waals surface area contributed by atoms with E-state index in [0.717, 1.165) is 22.0 Å². The predicted octanol–water partition coefficient (Wildman–Crippen LogP) is 2.48. The van der Waals surface area contributed by atoms with E-state index in [2.05, 4.69) is 28.1 Å². The molecule has 0 radical (unpaired) electrons. The molecule has 0 aliphatic carbocycles. The second-order valence-electron chi connectivity index (χ2n) is 4.45. The van der Waals surface area contributed by atoms with Gasteiger partial charge in [0.2, 0.25) is 0 Å². The predicted molar refractivity (Wildman–Crippen MR) is 80.0 cm³/mol. The number of oxime groups is 1. The van der Waals surface area contributed by atoms with E-state index in [1.807, 2.05) is 25.1 Å². The molecule has 0 spiro atoms. The smallest absolute Gasteiger partial charge is 0.188 e. The molecule has 20 heavy (non-hydrogen) atoms. The van der Waals surface area contributed by atoms with E-state index in [9.17, 15) is 0 Å². The Morgan fingerprint density at radius 1 is 1.35 bits per heavy atom. The summed E-state index contributed by atoms with van der Waals surface area (Å²) in [5.74, 6) is 0.769. The first-order valence-corrected chi connectivity index (χ1v) is 7.08. The topological polar surface area (TPSA) is 84.4 Å². The molecule has 0 amide bonds. The van der Waals surface area contributed by atoms with Gasteiger partial charge in [-0.05, 0) is 49.2 Å². The molecule has 0 saturated carbocycles. The summed E-state index contributed by atoms with van der Waals surface area (Å²) >= 11 is 1.65. The molecule has 0 fully saturated rings. The molecule has 0 saturated heterocycles. The monoisotopic (exact) mass is 288 g/mol. The Hall–Kier alpha value is -2.08. The van der Waals surface area contributed by atoms with Crippen LogP contribution in [0.3, 0.4) is 0 Å². The van der Waals surface area contributed by atoms with Crippen LogP contribution < -0.4 is 5.73 Å². The lowest BCUT2D eigenvalue weighted by Gasteiger charge is -2.05. The van der Waals surface area contributed by atoms with Gasteiger partial charge in [-0.15, -0.1) is 11.8 Å². The van der Waals surface area contributed by atoms with Crippen molar-refractivity contribution in [1.82, 2.24) is 9.97 Å². The van der Waals surface area contributed by atoms with Crippen LogP contribution in [0.5, 0.6) is 0 Å². The summed E-state index contributed by atoms with van der Waals surface area (Å²) in [6.45, 7) is 4.04. The highest BCUT2D eigenvalue weighted by Gasteiger charge is 2.04. The molecule has 0 aromatic carbocycles. The van der Waals surface area contributed by atoms with Gasteiger partial charge in [-0.3, -0.25) is 4.98 Å². The number of rotatable bonds is 4. The largest absolute Gasteiger partial charge is 0.409 e. The SMILES string of the molecule is Cc1cc(C)nc(SCc2ccnc(/C(N)=N/O)c2)c1. The normalized spacial score (nSPS) is 11.6. The van der Waals surface area contributed by atoms with Gasteiger partial charge in [0, 0.05) is 17.6 Å². The third-order valence-corrected chi connectivity index (χ3v) is 3.64. The van der Waals surface area contributed by atoms with Crippen molar-refractivity contribution in [3.63, 3.8) is 0 Å². The quantitative estimate of drug-likeness (QED) is 0.297. The Balaban J connectivity index is 2.11. The maximum Gasteiger partial charge on any atom is 0.188 e. The van der Waals surface area contributed by atoms with Crippen LogP contribution in [0, 0.1) is 13.8 Å². The number of aromatic nitrogens is 2. The molecule has 0 unspecified atom stereocenters. The first-order valence-electron chi connectivity index (χ1n) is 6.09. The first-order chi connectivity index (χ1) is 9.58. The fourth-order valence-corrected chi connectivity index (χ4v) is 2.76. The Kier molecular flexibility index (Phi) is 4.57. The minimum atomic E-state index is 0.0152. The highest BCUT2D eigenvalue weighted by Crippen LogP contribution is 2.22. The van der Waals surface area contributed by atoms with E-state index in [4.69, 9.17) is 10.9 Å². The zero-order valence-electron chi connectivity index (χ0n) is 11.4. The Morgan fingerprint density at radius 2 is 2.15 bits per heavy atom. The summed E-state index contributed by atoms with van der Waals surface area (Å²) in [4.78, 5) is 8.53. The molecule has 5 nitrogen and oxygen atoms in total. The van der Waals surface area contributed by atoms with Gasteiger partial charge >= 0.3 is 0 Å². The summed E-state index contributed by atoms with van der Waals surface area (Å²) in [7, 11) is 0. The first kappa shape index (κ1) is 14.3. The molecule has 6 heteroatoms. The zero-order chi connectivity index (χ0) is 14.5. The Bertz CT molecular complexity index is 623. The maximum atomic E-state index is 8.66. The van der Waals surface area contributed by atoms with Crippen LogP contribution in [0.25, 0.3) is 0 Å². The zero-order valence-corrected chi connectivity index (χ0v) is 12.2. The highest BCUT2D eigenvalue weighted by molar-refractivity contribution is 7.98. The van der Waals surface area contributed by atoms with Crippen molar-refractivity contribution in [3.05, 3.63) is 53.0 Å². The van der Waals surface area contributed by atoms with Crippen molar-refractivity contribution in [1.29, 1.82) is 0 Å². The van der Waals surface area contributed by atoms with Crippen LogP contribution >= 0.6 is 11.8 Å². The minimum Gasteiger partial charge on any atom is -0.409 e. The fraction of sp³-hybridized carbons (Fsp3) is 0.214. The van der Waals surface area contributed by atoms with E-state index in [1.165, 1.54) is 5.56 Å². The number of aryl methyl sites for hydroxylation is 2. The van der Waals surface area contributed by atoms with Crippen molar-refractivity contribution < 1.29 is 5.21 Å². The third-order valence-electron chi connectivity index (χ3n) is 2.66. The van der Waals surface area contributed by atoms with Crippen LogP contribution in [-0.4, -0.2) is 21.0 Å². The molecule has 0 atom stereocenters. The van der Waals surface area contributed by atoms with Crippen molar-refractivity contribution in [2.24, 2.45) is 10.9 Å². The number of thioether (sulfide) groups is 1. The standard InChI is InChI=1S/C14H16N4OS/c1-9-5-10(2)17-13(6-9)20-8-11-3-4-16-12(7-11)14(15)18-19/h3-7,19H,8H2,1-2H3,(H2,15,18). The number of nitrogens with two attached hydrogens (primary N) is 1. The number of hydrogen-bond acceptors (Lipinski definition) is 5. The number of amidine groups is 1. The lowest BCUT2D eigenvalue weighted by atomic mass is 10.2. The molecule has 2 rings (SSSR count). The van der Waals surface area contributed by atoms with Crippen molar-refractivity contribution >= 4 is 17.6 Å². The van der Waals surface area contributed by atoms with Crippen molar-refractivity contribution in [2.75, 3.05) is 0 Å². The number of pyridine rings is 2. The molecule has 2 heterocycles. The van der Waals surface area contributed by atoms with Gasteiger partial charge in [0.1, 0.15) is 5.69 Å². The Labute approximate surface area is 121 Å². The van der Waals surface area contributed by atoms with Gasteiger partial charge < -0.3 is 10.9 Å². The van der Waals surface area contributed by atoms with E-state index < -0.39 is 0 Å². The second-order valence-corrected chi connectivity index (χ2v) is 5.44. The van der Waals surface area contributed by atoms with E-state index in [0.29, 0.717) is 5.69 Å². The lowest BCUT2D eigenvalue weighted by Crippen LogP contribution is -2.15. The molecule has 3 N–H and O–H groups in total. The van der Waals surface area contributed by atoms with Gasteiger partial charge in [-0.2, -0.15) is 0 Å². The fourth-order valence-electron chi connectivity index (χ4n) is 1.79. The summed E-state index contributed by atoms with van der Waals surface area (Å²) in [5.41, 5.74) is 9.26. The van der Waals surface area contributed by atoms with Gasteiger partial charge in [0.15, 0.2) is 5.84 Å². The van der Waals surface area contributed by atoms with Gasteiger partial charge in [0.05, 0.1) is 5.03 Å². The molecule has 0 aliphatic heterocycles. The average molecular weight is 288 g/mol. The summed E-state index contributed by atoms with van der Waals surface area (Å²) in [6.07, 6.45) is 1.65. The molecule has 0 bridgehead atoms. The molecule has 0 aliphatic rings. The molecule has 104 valence electrons. The summed E-state index contributed by atoms with van der Waals surface area (Å²) < 4.78 is 0. The highest BCUT2D eigenvalue weighted by atomic mass is 32.2. The molecule has 2 aromatic heterocycles. The van der Waals surface area contributed by atoms with Crippen LogP contribution in [-0.2, 0) is 5.75 Å². The summed E-state index contributed by atoms with van der Waals surface area (Å²) in [6, 6.07) is 7.82. The Morgan fingerprint density at radius 3 is 2.85 bits per heavy atom. The van der Waals surface area contributed by atoms with Crippen LogP contribution in [0.15, 0.2) is 40.6 Å². The van der Waals surface area contributed by atoms with E-state index >= 15 is 0 Å². The lowest BCUT2D eigenvalue weighted by molar-refractivity contribution is 0.318. The number of hydrogen-bond donors (Lipinski definition) is 2. The molecular weight excluding hydrogens is 272 g/mol. The molecule has 2 aromatic rings. The van der Waals surface area contributed by atoms with Crippen LogP contribution in [0.4, 0.5) is 0 Å². The average Bonchev–Trinajstić information content (AvgIpc) is 2.43. The number of nitrogens with zero attached hydrogens (tertiary/aromatic N) is 3. The maximum absolute atomic E-state index is 8.66. The second kappa shape index (κ2) is 6.38. The molecular formula is C14H16N4OS. The van der Waals surface area contributed by atoms with Gasteiger partial charge in [-0.1, -0.05) is 5.16 Å². The minimum absolute atomic E-state index is 0.0152. The van der Waals surface area contributed by atoms with E-state index in [-0.39, 0.29) is 5.84 Å².